The SMILES string of the molecule is [CH2]CCCC1CCCN(CC)C1. The fraction of sp³-hybridized carbons (Fsp3) is 0.909. The van der Waals surface area contributed by atoms with Gasteiger partial charge in [0, 0.05) is 6.54 Å². The highest BCUT2D eigenvalue weighted by molar-refractivity contribution is 4.72. The molecule has 1 nitrogen and oxygen atoms in total. The van der Waals surface area contributed by atoms with E-state index in [2.05, 4.69) is 18.7 Å². The quantitative estimate of drug-likeness (QED) is 0.624. The Morgan fingerprint density at radius 1 is 1.50 bits per heavy atom. The van der Waals surface area contributed by atoms with E-state index in [4.69, 9.17) is 0 Å². The van der Waals surface area contributed by atoms with E-state index in [1.54, 1.807) is 0 Å². The predicted octanol–water partition coefficient (Wildman–Crippen LogP) is 2.72. The summed E-state index contributed by atoms with van der Waals surface area (Å²) in [5.74, 6) is 0.973. The van der Waals surface area contributed by atoms with Gasteiger partial charge in [0.05, 0.1) is 0 Å². The molecule has 1 fully saturated rings. The van der Waals surface area contributed by atoms with Crippen LogP contribution < -0.4 is 0 Å². The summed E-state index contributed by atoms with van der Waals surface area (Å²) in [7, 11) is 0. The maximum Gasteiger partial charge on any atom is 0.000955 e. The molecule has 1 rings (SSSR count). The first-order valence-corrected chi connectivity index (χ1v) is 5.38. The van der Waals surface area contributed by atoms with Gasteiger partial charge < -0.3 is 4.90 Å². The molecule has 0 bridgehead atoms. The smallest absolute Gasteiger partial charge is 0.000955 e. The first-order chi connectivity index (χ1) is 5.86. The summed E-state index contributed by atoms with van der Waals surface area (Å²) in [5, 5.41) is 0. The monoisotopic (exact) mass is 168 g/mol. The second kappa shape index (κ2) is 5.58. The number of likely N-dealkylation sites (tertiary alicyclic amines) is 1. The third-order valence-corrected chi connectivity index (χ3v) is 2.91. The van der Waals surface area contributed by atoms with E-state index in [0.29, 0.717) is 0 Å². The summed E-state index contributed by atoms with van der Waals surface area (Å²) in [6, 6.07) is 0. The Kier molecular flexibility index (Phi) is 4.67. The largest absolute Gasteiger partial charge is 0.303 e. The number of nitrogens with zero attached hydrogens (tertiary/aromatic N) is 1. The van der Waals surface area contributed by atoms with Crippen LogP contribution in [0.3, 0.4) is 0 Å². The Balaban J connectivity index is 2.16. The van der Waals surface area contributed by atoms with Gasteiger partial charge in [0.15, 0.2) is 0 Å². The molecule has 0 spiro atoms. The highest BCUT2D eigenvalue weighted by Gasteiger charge is 2.17. The lowest BCUT2D eigenvalue weighted by molar-refractivity contribution is 0.175. The maximum atomic E-state index is 3.90. The van der Waals surface area contributed by atoms with Crippen LogP contribution in [-0.4, -0.2) is 24.5 Å². The van der Waals surface area contributed by atoms with Gasteiger partial charge in [-0.15, -0.1) is 0 Å². The fourth-order valence-corrected chi connectivity index (χ4v) is 2.11. The zero-order valence-electron chi connectivity index (χ0n) is 8.39. The molecule has 0 aromatic rings. The van der Waals surface area contributed by atoms with E-state index in [0.717, 1.165) is 12.3 Å². The van der Waals surface area contributed by atoms with Crippen LogP contribution in [0.4, 0.5) is 0 Å². The minimum absolute atomic E-state index is 0.973. The van der Waals surface area contributed by atoms with Crippen LogP contribution in [0.5, 0.6) is 0 Å². The zero-order valence-corrected chi connectivity index (χ0v) is 8.39. The van der Waals surface area contributed by atoms with Crippen LogP contribution in [0.15, 0.2) is 0 Å². The van der Waals surface area contributed by atoms with Gasteiger partial charge in [-0.25, -0.2) is 0 Å². The average molecular weight is 168 g/mol. The Morgan fingerprint density at radius 2 is 2.33 bits per heavy atom. The van der Waals surface area contributed by atoms with Crippen LogP contribution in [-0.2, 0) is 0 Å². The summed E-state index contributed by atoms with van der Waals surface area (Å²) in [6.07, 6.45) is 6.71. The lowest BCUT2D eigenvalue weighted by Crippen LogP contribution is -2.35. The number of hydrogen-bond acceptors (Lipinski definition) is 1. The second-order valence-electron chi connectivity index (χ2n) is 3.90. The Labute approximate surface area is 77.1 Å². The minimum Gasteiger partial charge on any atom is -0.303 e. The zero-order chi connectivity index (χ0) is 8.81. The highest BCUT2D eigenvalue weighted by Crippen LogP contribution is 2.20. The van der Waals surface area contributed by atoms with Gasteiger partial charge in [0.2, 0.25) is 0 Å². The van der Waals surface area contributed by atoms with Gasteiger partial charge in [-0.3, -0.25) is 0 Å². The van der Waals surface area contributed by atoms with Crippen molar-refractivity contribution in [2.24, 2.45) is 5.92 Å². The molecule has 0 saturated carbocycles. The molecule has 1 unspecified atom stereocenters. The minimum atomic E-state index is 0.973. The summed E-state index contributed by atoms with van der Waals surface area (Å²) in [6.45, 7) is 10.1. The van der Waals surface area contributed by atoms with Crippen molar-refractivity contribution >= 4 is 0 Å². The first kappa shape index (κ1) is 10.0. The highest BCUT2D eigenvalue weighted by atomic mass is 15.1. The molecule has 1 atom stereocenters. The number of hydrogen-bond donors (Lipinski definition) is 0. The molecule has 0 aromatic heterocycles. The van der Waals surface area contributed by atoms with Gasteiger partial charge in [0.1, 0.15) is 0 Å². The molecule has 1 aliphatic heterocycles. The third kappa shape index (κ3) is 3.14. The summed E-state index contributed by atoms with van der Waals surface area (Å²) < 4.78 is 0. The standard InChI is InChI=1S/C11H22N/c1-3-5-7-11-8-6-9-12(4-2)10-11/h11H,1,3-10H2,2H3. The van der Waals surface area contributed by atoms with Gasteiger partial charge >= 0.3 is 0 Å². The molecule has 0 aromatic carbocycles. The van der Waals surface area contributed by atoms with Crippen LogP contribution >= 0.6 is 0 Å². The topological polar surface area (TPSA) is 3.24 Å². The van der Waals surface area contributed by atoms with E-state index >= 15 is 0 Å². The van der Waals surface area contributed by atoms with Crippen molar-refractivity contribution in [2.75, 3.05) is 19.6 Å². The first-order valence-electron chi connectivity index (χ1n) is 5.38. The summed E-state index contributed by atoms with van der Waals surface area (Å²) in [4.78, 5) is 2.58. The van der Waals surface area contributed by atoms with Crippen molar-refractivity contribution in [3.05, 3.63) is 6.92 Å². The van der Waals surface area contributed by atoms with Gasteiger partial charge in [0.25, 0.3) is 0 Å². The van der Waals surface area contributed by atoms with Crippen molar-refractivity contribution in [1.29, 1.82) is 0 Å². The van der Waals surface area contributed by atoms with Crippen LogP contribution in [0.2, 0.25) is 0 Å². The van der Waals surface area contributed by atoms with E-state index in [-0.39, 0.29) is 0 Å². The lowest BCUT2D eigenvalue weighted by atomic mass is 9.93. The van der Waals surface area contributed by atoms with Gasteiger partial charge in [-0.1, -0.05) is 26.7 Å². The number of unbranched alkanes of at least 4 members (excludes halogenated alkanes) is 1. The molecular weight excluding hydrogens is 146 g/mol. The van der Waals surface area contributed by atoms with E-state index in [1.807, 2.05) is 0 Å². The molecular formula is C11H22N. The summed E-state index contributed by atoms with van der Waals surface area (Å²) in [5.41, 5.74) is 0. The molecule has 1 saturated heterocycles. The van der Waals surface area contributed by atoms with Crippen LogP contribution in [0, 0.1) is 12.8 Å². The number of piperidine rings is 1. The Morgan fingerprint density at radius 3 is 3.00 bits per heavy atom. The summed E-state index contributed by atoms with van der Waals surface area (Å²) >= 11 is 0. The molecule has 1 aliphatic rings. The van der Waals surface area contributed by atoms with E-state index < -0.39 is 0 Å². The fourth-order valence-electron chi connectivity index (χ4n) is 2.11. The van der Waals surface area contributed by atoms with Crippen molar-refractivity contribution < 1.29 is 0 Å². The molecule has 0 N–H and O–H groups in total. The van der Waals surface area contributed by atoms with Crippen molar-refractivity contribution in [1.82, 2.24) is 4.90 Å². The van der Waals surface area contributed by atoms with Crippen LogP contribution in [0.25, 0.3) is 0 Å². The average Bonchev–Trinajstić information content (AvgIpc) is 2.15. The molecule has 0 amide bonds. The van der Waals surface area contributed by atoms with E-state index in [9.17, 15) is 0 Å². The second-order valence-corrected chi connectivity index (χ2v) is 3.90. The van der Waals surface area contributed by atoms with Crippen molar-refractivity contribution in [3.63, 3.8) is 0 Å². The third-order valence-electron chi connectivity index (χ3n) is 2.91. The molecule has 0 aliphatic carbocycles. The van der Waals surface area contributed by atoms with Gasteiger partial charge in [-0.05, 0) is 38.3 Å². The van der Waals surface area contributed by atoms with Crippen LogP contribution in [0.1, 0.15) is 39.0 Å². The Hall–Kier alpha value is -0.0400. The molecule has 1 radical (unpaired) electrons. The Bertz CT molecular complexity index is 112. The molecule has 12 heavy (non-hydrogen) atoms. The molecule has 1 heteroatoms. The number of rotatable bonds is 4. The lowest BCUT2D eigenvalue weighted by Gasteiger charge is -2.31. The molecule has 71 valence electrons. The molecule has 1 heterocycles. The van der Waals surface area contributed by atoms with Crippen molar-refractivity contribution in [3.8, 4) is 0 Å². The maximum absolute atomic E-state index is 3.90. The van der Waals surface area contributed by atoms with Gasteiger partial charge in [-0.2, -0.15) is 0 Å². The normalized spacial score (nSPS) is 26.0. The van der Waals surface area contributed by atoms with E-state index in [1.165, 1.54) is 45.3 Å². The van der Waals surface area contributed by atoms with Crippen molar-refractivity contribution in [2.45, 2.75) is 39.0 Å². The predicted molar refractivity (Wildman–Crippen MR) is 54.0 cm³/mol.